The lowest BCUT2D eigenvalue weighted by molar-refractivity contribution is -0.149. The minimum Gasteiger partial charge on any atom is -0.466 e. The Hall–Kier alpha value is -3.10. The van der Waals surface area contributed by atoms with E-state index in [0.717, 1.165) is 11.4 Å². The number of nitrogens with zero attached hydrogens (tertiary/aromatic N) is 4. The lowest BCUT2D eigenvalue weighted by Gasteiger charge is -2.31. The molecule has 9 heteroatoms. The van der Waals surface area contributed by atoms with E-state index in [4.69, 9.17) is 16.3 Å². The SMILES string of the molecule is CCOC(=O)C1CCN(C(=O)c2ccc(CSc3nc(Cl)cc(N(C)Cc4ccccc4)n3)cc2)CC1. The van der Waals surface area contributed by atoms with Crippen LogP contribution >= 0.6 is 23.4 Å². The molecule has 7 nitrogen and oxygen atoms in total. The van der Waals surface area contributed by atoms with Crippen molar-refractivity contribution < 1.29 is 14.3 Å². The van der Waals surface area contributed by atoms with Crippen molar-refractivity contribution in [1.29, 1.82) is 0 Å². The number of piperidine rings is 1. The van der Waals surface area contributed by atoms with E-state index in [1.54, 1.807) is 6.07 Å². The van der Waals surface area contributed by atoms with Gasteiger partial charge in [0, 0.05) is 44.1 Å². The van der Waals surface area contributed by atoms with Gasteiger partial charge in [0.25, 0.3) is 5.91 Å². The largest absolute Gasteiger partial charge is 0.466 e. The Balaban J connectivity index is 1.31. The van der Waals surface area contributed by atoms with Crippen LogP contribution in [0.5, 0.6) is 0 Å². The zero-order valence-electron chi connectivity index (χ0n) is 21.1. The summed E-state index contributed by atoms with van der Waals surface area (Å²) < 4.78 is 5.12. The molecule has 0 saturated carbocycles. The molecular weight excluding hydrogens is 508 g/mol. The number of halogens is 1. The van der Waals surface area contributed by atoms with Gasteiger partial charge in [-0.1, -0.05) is 65.8 Å². The van der Waals surface area contributed by atoms with Gasteiger partial charge in [-0.25, -0.2) is 9.97 Å². The average molecular weight is 539 g/mol. The second kappa shape index (κ2) is 12.9. The molecule has 0 aliphatic carbocycles. The molecule has 1 fully saturated rings. The third-order valence-electron chi connectivity index (χ3n) is 6.29. The van der Waals surface area contributed by atoms with E-state index in [2.05, 4.69) is 22.1 Å². The number of amides is 1. The smallest absolute Gasteiger partial charge is 0.309 e. The molecular formula is C28H31ClN4O3S. The number of hydrogen-bond donors (Lipinski definition) is 0. The Bertz CT molecular complexity index is 1200. The highest BCUT2D eigenvalue weighted by atomic mass is 35.5. The van der Waals surface area contributed by atoms with E-state index in [9.17, 15) is 9.59 Å². The zero-order valence-corrected chi connectivity index (χ0v) is 22.7. The Morgan fingerprint density at radius 1 is 1.05 bits per heavy atom. The highest BCUT2D eigenvalue weighted by Crippen LogP contribution is 2.26. The molecule has 0 bridgehead atoms. The quantitative estimate of drug-likeness (QED) is 0.155. The minimum atomic E-state index is -0.157. The Kier molecular flexibility index (Phi) is 9.41. The fourth-order valence-electron chi connectivity index (χ4n) is 4.24. The molecule has 1 amide bonds. The predicted octanol–water partition coefficient (Wildman–Crippen LogP) is 5.47. The fraction of sp³-hybridized carbons (Fsp3) is 0.357. The molecule has 1 aliphatic rings. The number of ether oxygens (including phenoxy) is 1. The number of thioether (sulfide) groups is 1. The van der Waals surface area contributed by atoms with Gasteiger partial charge < -0.3 is 14.5 Å². The van der Waals surface area contributed by atoms with Crippen LogP contribution in [0.2, 0.25) is 5.15 Å². The Morgan fingerprint density at radius 3 is 2.43 bits per heavy atom. The maximum Gasteiger partial charge on any atom is 0.309 e. The molecule has 0 radical (unpaired) electrons. The van der Waals surface area contributed by atoms with Crippen LogP contribution in [-0.2, 0) is 21.8 Å². The van der Waals surface area contributed by atoms with Crippen LogP contribution in [0.1, 0.15) is 41.3 Å². The third-order valence-corrected chi connectivity index (χ3v) is 7.40. The van der Waals surface area contributed by atoms with E-state index in [1.807, 2.05) is 66.2 Å². The number of anilines is 1. The maximum atomic E-state index is 12.9. The van der Waals surface area contributed by atoms with Gasteiger partial charge in [0.15, 0.2) is 5.16 Å². The van der Waals surface area contributed by atoms with Gasteiger partial charge >= 0.3 is 5.97 Å². The van der Waals surface area contributed by atoms with E-state index in [1.165, 1.54) is 17.3 Å². The summed E-state index contributed by atoms with van der Waals surface area (Å²) in [5.41, 5.74) is 2.89. The first-order valence-corrected chi connectivity index (χ1v) is 13.8. The van der Waals surface area contributed by atoms with Crippen molar-refractivity contribution in [2.24, 2.45) is 5.92 Å². The number of likely N-dealkylation sites (tertiary alicyclic amines) is 1. The Labute approximate surface area is 227 Å². The van der Waals surface area contributed by atoms with Crippen molar-refractivity contribution in [3.05, 3.63) is 82.5 Å². The van der Waals surface area contributed by atoms with Gasteiger partial charge in [-0.05, 0) is 43.0 Å². The van der Waals surface area contributed by atoms with Crippen molar-refractivity contribution in [3.8, 4) is 0 Å². The van der Waals surface area contributed by atoms with Crippen LogP contribution in [0, 0.1) is 5.92 Å². The van der Waals surface area contributed by atoms with Crippen molar-refractivity contribution in [2.45, 2.75) is 37.2 Å². The first-order valence-electron chi connectivity index (χ1n) is 12.4. The van der Waals surface area contributed by atoms with Gasteiger partial charge in [0.1, 0.15) is 11.0 Å². The number of carbonyl (C=O) groups is 2. The number of aromatic nitrogens is 2. The molecule has 2 heterocycles. The number of hydrogen-bond acceptors (Lipinski definition) is 7. The molecule has 0 unspecified atom stereocenters. The molecule has 4 rings (SSSR count). The fourth-order valence-corrected chi connectivity index (χ4v) is 5.27. The molecule has 1 aromatic heterocycles. The summed E-state index contributed by atoms with van der Waals surface area (Å²) >= 11 is 7.79. The van der Waals surface area contributed by atoms with Crippen LogP contribution in [0.15, 0.2) is 65.8 Å². The maximum absolute atomic E-state index is 12.9. The molecule has 3 aromatic rings. The van der Waals surface area contributed by atoms with E-state index < -0.39 is 0 Å². The first kappa shape index (κ1) is 26.9. The lowest BCUT2D eigenvalue weighted by Crippen LogP contribution is -2.40. The number of esters is 1. The molecule has 1 aliphatic heterocycles. The first-order chi connectivity index (χ1) is 17.9. The Morgan fingerprint density at radius 2 is 1.76 bits per heavy atom. The molecule has 1 saturated heterocycles. The van der Waals surface area contributed by atoms with Gasteiger partial charge in [0.2, 0.25) is 0 Å². The van der Waals surface area contributed by atoms with Gasteiger partial charge in [-0.3, -0.25) is 9.59 Å². The normalized spacial score (nSPS) is 13.9. The molecule has 0 spiro atoms. The van der Waals surface area contributed by atoms with Crippen LogP contribution in [0.25, 0.3) is 0 Å². The number of rotatable bonds is 9. The van der Waals surface area contributed by atoms with Crippen LogP contribution < -0.4 is 4.90 Å². The van der Waals surface area contributed by atoms with Crippen molar-refractivity contribution in [1.82, 2.24) is 14.9 Å². The molecule has 37 heavy (non-hydrogen) atoms. The van der Waals surface area contributed by atoms with Gasteiger partial charge in [0.05, 0.1) is 12.5 Å². The average Bonchev–Trinajstić information content (AvgIpc) is 2.92. The van der Waals surface area contributed by atoms with E-state index >= 15 is 0 Å². The summed E-state index contributed by atoms with van der Waals surface area (Å²) in [5.74, 6) is 1.14. The highest BCUT2D eigenvalue weighted by Gasteiger charge is 2.28. The second-order valence-corrected chi connectivity index (χ2v) is 10.3. The minimum absolute atomic E-state index is 0.00854. The van der Waals surface area contributed by atoms with Crippen LogP contribution in [-0.4, -0.2) is 53.5 Å². The summed E-state index contributed by atoms with van der Waals surface area (Å²) in [6.45, 7) is 4.04. The van der Waals surface area contributed by atoms with E-state index in [0.29, 0.717) is 60.7 Å². The number of benzene rings is 2. The molecule has 0 N–H and O–H groups in total. The second-order valence-electron chi connectivity index (χ2n) is 8.98. The summed E-state index contributed by atoms with van der Waals surface area (Å²) in [6.07, 6.45) is 1.28. The lowest BCUT2D eigenvalue weighted by atomic mass is 9.96. The van der Waals surface area contributed by atoms with Gasteiger partial charge in [-0.15, -0.1) is 0 Å². The van der Waals surface area contributed by atoms with E-state index in [-0.39, 0.29) is 17.8 Å². The standard InChI is InChI=1S/C28H31ClN4O3S/c1-3-36-27(35)23-13-15-33(16-14-23)26(34)22-11-9-21(10-12-22)19-37-28-30-24(29)17-25(31-28)32(2)18-20-7-5-4-6-8-20/h4-12,17,23H,3,13-16,18-19H2,1-2H3. The number of carbonyl (C=O) groups excluding carboxylic acids is 2. The van der Waals surface area contributed by atoms with Crippen molar-refractivity contribution >= 4 is 41.1 Å². The summed E-state index contributed by atoms with van der Waals surface area (Å²) in [7, 11) is 1.98. The predicted molar refractivity (Wildman–Crippen MR) is 147 cm³/mol. The monoisotopic (exact) mass is 538 g/mol. The van der Waals surface area contributed by atoms with Gasteiger partial charge in [-0.2, -0.15) is 0 Å². The van der Waals surface area contributed by atoms with Crippen LogP contribution in [0.3, 0.4) is 0 Å². The third kappa shape index (κ3) is 7.46. The summed E-state index contributed by atoms with van der Waals surface area (Å²) in [6, 6.07) is 19.6. The van der Waals surface area contributed by atoms with Crippen LogP contribution in [0.4, 0.5) is 5.82 Å². The summed E-state index contributed by atoms with van der Waals surface area (Å²) in [5, 5.41) is 1.01. The molecule has 194 valence electrons. The molecule has 2 aromatic carbocycles. The van der Waals surface area contributed by atoms with Crippen molar-refractivity contribution in [3.63, 3.8) is 0 Å². The topological polar surface area (TPSA) is 75.6 Å². The van der Waals surface area contributed by atoms with Crippen molar-refractivity contribution in [2.75, 3.05) is 31.6 Å². The molecule has 0 atom stereocenters. The highest BCUT2D eigenvalue weighted by molar-refractivity contribution is 7.98. The zero-order chi connectivity index (χ0) is 26.2. The summed E-state index contributed by atoms with van der Waals surface area (Å²) in [4.78, 5) is 37.8.